The zero-order chi connectivity index (χ0) is 42.4. The first-order valence-corrected chi connectivity index (χ1v) is 21.5. The van der Waals surface area contributed by atoms with Gasteiger partial charge in [-0.2, -0.15) is 0 Å². The molecule has 14 heteroatoms. The van der Waals surface area contributed by atoms with E-state index in [1.807, 2.05) is 50.9 Å². The van der Waals surface area contributed by atoms with E-state index in [2.05, 4.69) is 32.7 Å². The number of benzene rings is 2. The van der Waals surface area contributed by atoms with Crippen LogP contribution in [0.15, 0.2) is 47.7 Å². The number of nitrogens with zero attached hydrogens (tertiary/aromatic N) is 4. The summed E-state index contributed by atoms with van der Waals surface area (Å²) < 4.78 is 26.0. The molecule has 1 aromatic heterocycles. The van der Waals surface area contributed by atoms with Crippen molar-refractivity contribution in [3.63, 3.8) is 0 Å². The molecule has 6 atom stereocenters. The second kappa shape index (κ2) is 16.8. The van der Waals surface area contributed by atoms with Gasteiger partial charge in [-0.1, -0.05) is 52.0 Å². The highest BCUT2D eigenvalue weighted by atomic mass is 19.1. The van der Waals surface area contributed by atoms with Gasteiger partial charge in [0.1, 0.15) is 23.7 Å². The summed E-state index contributed by atoms with van der Waals surface area (Å²) in [5.41, 5.74) is 8.63. The van der Waals surface area contributed by atoms with Gasteiger partial charge in [0.25, 0.3) is 0 Å². The number of aromatic amines is 1. The number of nitrogens with one attached hydrogen (secondary N) is 3. The molecular formula is C46H56FN7O6. The fraction of sp³-hybridized carbons (Fsp3) is 0.522. The lowest BCUT2D eigenvalue weighted by atomic mass is 9.80. The van der Waals surface area contributed by atoms with Crippen molar-refractivity contribution in [1.82, 2.24) is 30.4 Å². The summed E-state index contributed by atoms with van der Waals surface area (Å²) in [6.07, 6.45) is 9.47. The zero-order valence-corrected chi connectivity index (χ0v) is 35.3. The van der Waals surface area contributed by atoms with E-state index in [0.717, 1.165) is 61.8 Å². The molecule has 0 radical (unpaired) electrons. The van der Waals surface area contributed by atoms with E-state index >= 15 is 4.39 Å². The van der Waals surface area contributed by atoms with Crippen molar-refractivity contribution in [1.29, 1.82) is 0 Å². The van der Waals surface area contributed by atoms with Crippen LogP contribution in [0.3, 0.4) is 0 Å². The van der Waals surface area contributed by atoms with E-state index in [9.17, 15) is 19.2 Å². The number of aromatic nitrogens is 2. The molecule has 3 fully saturated rings. The number of ether oxygens (including phenoxy) is 2. The molecule has 4 amide bonds. The number of H-pyrrole nitrogens is 1. The van der Waals surface area contributed by atoms with Gasteiger partial charge in [-0.3, -0.25) is 14.6 Å². The predicted octanol–water partition coefficient (Wildman–Crippen LogP) is 7.85. The summed E-state index contributed by atoms with van der Waals surface area (Å²) in [5.74, 6) is 0.533. The third-order valence-electron chi connectivity index (χ3n) is 13.4. The van der Waals surface area contributed by atoms with Gasteiger partial charge < -0.3 is 34.9 Å². The van der Waals surface area contributed by atoms with Gasteiger partial charge in [-0.15, -0.1) is 0 Å². The van der Waals surface area contributed by atoms with Crippen LogP contribution in [0.2, 0.25) is 0 Å². The van der Waals surface area contributed by atoms with E-state index < -0.39 is 24.3 Å². The highest BCUT2D eigenvalue weighted by molar-refractivity contribution is 6.04. The van der Waals surface area contributed by atoms with Crippen molar-refractivity contribution in [2.45, 2.75) is 115 Å². The summed E-state index contributed by atoms with van der Waals surface area (Å²) in [6, 6.07) is 7.71. The van der Waals surface area contributed by atoms with Crippen LogP contribution in [0.4, 0.5) is 14.0 Å². The Labute approximate surface area is 350 Å². The number of rotatable bonds is 11. The minimum atomic E-state index is -0.734. The fourth-order valence-electron chi connectivity index (χ4n) is 10.4. The number of amides is 4. The second-order valence-corrected chi connectivity index (χ2v) is 17.6. The molecule has 8 rings (SSSR count). The fourth-order valence-corrected chi connectivity index (χ4v) is 10.4. The van der Waals surface area contributed by atoms with Crippen LogP contribution < -0.4 is 10.6 Å². The molecule has 2 unspecified atom stereocenters. The number of carbonyl (C=O) groups excluding carboxylic acids is 4. The Morgan fingerprint density at radius 1 is 0.783 bits per heavy atom. The molecular weight excluding hydrogens is 766 g/mol. The topological polar surface area (TPSA) is 158 Å². The maximum absolute atomic E-state index is 16.4. The Hall–Kier alpha value is -5.53. The van der Waals surface area contributed by atoms with E-state index in [4.69, 9.17) is 14.5 Å². The molecule has 2 bridgehead atoms. The molecule has 3 N–H and O–H groups in total. The van der Waals surface area contributed by atoms with Gasteiger partial charge in [0.05, 0.1) is 38.2 Å². The maximum atomic E-state index is 16.4. The molecule has 3 aliphatic heterocycles. The summed E-state index contributed by atoms with van der Waals surface area (Å²) >= 11 is 0. The normalized spacial score (nSPS) is 22.8. The standard InChI is InChI=1S/C46H56FN7O6/c1-24(2)40(51-45(57)59-5)43(55)53-17-7-9-36(53)34-21-29(22-48-34)30-15-16-32(39-28-12-11-27(19-28)38(30)39)31-14-13-26(20-33(31)47)35-23-49-42(50-35)37-10-8-18-54(37)44(56)41(25(3)4)52-46(58)60-6/h13-16,20,22-25,27-28,36-37,40-41H,7-12,17-19,21H2,1-6H3,(H,49,50)(H,51,57)(H,52,58)/t27?,28?,36-,37-,40-,41-/m0/s1. The number of hydrogen-bond acceptors (Lipinski definition) is 8. The number of alkyl carbamates (subject to hydrolysis) is 2. The third-order valence-corrected chi connectivity index (χ3v) is 13.4. The van der Waals surface area contributed by atoms with E-state index in [1.165, 1.54) is 30.9 Å². The quantitative estimate of drug-likeness (QED) is 0.178. The molecule has 13 nitrogen and oxygen atoms in total. The number of methoxy groups -OCH3 is 2. The van der Waals surface area contributed by atoms with E-state index in [-0.39, 0.29) is 41.6 Å². The van der Waals surface area contributed by atoms with Crippen molar-refractivity contribution < 1.29 is 33.0 Å². The first kappa shape index (κ1) is 41.2. The van der Waals surface area contributed by atoms with Crippen molar-refractivity contribution in [3.05, 3.63) is 71.1 Å². The van der Waals surface area contributed by atoms with Gasteiger partial charge in [0.15, 0.2) is 0 Å². The van der Waals surface area contributed by atoms with Crippen molar-refractivity contribution in [2.75, 3.05) is 27.3 Å². The van der Waals surface area contributed by atoms with Crippen LogP contribution in [0.1, 0.15) is 119 Å². The highest BCUT2D eigenvalue weighted by Gasteiger charge is 2.43. The smallest absolute Gasteiger partial charge is 0.407 e. The van der Waals surface area contributed by atoms with Gasteiger partial charge >= 0.3 is 12.2 Å². The molecule has 3 aromatic rings. The van der Waals surface area contributed by atoms with Gasteiger partial charge in [0.2, 0.25) is 11.8 Å². The van der Waals surface area contributed by atoms with E-state index in [1.54, 1.807) is 17.2 Å². The van der Waals surface area contributed by atoms with Crippen LogP contribution in [0, 0.1) is 17.7 Å². The number of carbonyl (C=O) groups is 4. The average molecular weight is 822 g/mol. The predicted molar refractivity (Wildman–Crippen MR) is 226 cm³/mol. The molecule has 1 saturated carbocycles. The Balaban J connectivity index is 1.00. The van der Waals surface area contributed by atoms with Crippen LogP contribution in [-0.2, 0) is 19.1 Å². The zero-order valence-electron chi connectivity index (χ0n) is 35.3. The number of allylic oxidation sites excluding steroid dienone is 1. The Bertz CT molecular complexity index is 2250. The second-order valence-electron chi connectivity index (χ2n) is 17.6. The van der Waals surface area contributed by atoms with Crippen molar-refractivity contribution >= 4 is 35.3 Å². The average Bonchev–Trinajstić information content (AvgIpc) is 4.09. The van der Waals surface area contributed by atoms with E-state index in [0.29, 0.717) is 54.0 Å². The Morgan fingerprint density at radius 2 is 1.35 bits per heavy atom. The summed E-state index contributed by atoms with van der Waals surface area (Å²) in [5, 5.41) is 5.42. The monoisotopic (exact) mass is 821 g/mol. The molecule has 2 saturated heterocycles. The van der Waals surface area contributed by atoms with Gasteiger partial charge in [-0.25, -0.2) is 19.0 Å². The Kier molecular flexibility index (Phi) is 11.6. The molecule has 4 heterocycles. The molecule has 60 heavy (non-hydrogen) atoms. The van der Waals surface area contributed by atoms with Crippen molar-refractivity contribution in [3.8, 4) is 22.4 Å². The molecule has 5 aliphatic rings. The minimum absolute atomic E-state index is 0.109. The number of hydrogen-bond donors (Lipinski definition) is 3. The summed E-state index contributed by atoms with van der Waals surface area (Å²) in [7, 11) is 2.57. The molecule has 2 aromatic carbocycles. The first-order valence-electron chi connectivity index (χ1n) is 21.5. The molecule has 0 spiro atoms. The summed E-state index contributed by atoms with van der Waals surface area (Å²) in [4.78, 5) is 68.1. The SMILES string of the molecule is COC(=O)N[C@H](C(=O)N1CCC[C@H]1C1=NC=C(c2ccc(-c3ccc(-c4cnc([C@@H]5CCCN5C(=O)[C@@H](NC(=O)OC)C(C)C)[nH]4)cc3F)c3c2C2CCC3C2)C1)C(C)C. The Morgan fingerprint density at radius 3 is 1.95 bits per heavy atom. The minimum Gasteiger partial charge on any atom is -0.453 e. The van der Waals surface area contributed by atoms with Crippen LogP contribution in [0.25, 0.3) is 28.0 Å². The number of halogens is 1. The summed E-state index contributed by atoms with van der Waals surface area (Å²) in [6.45, 7) is 8.75. The lowest BCUT2D eigenvalue weighted by Crippen LogP contribution is -2.53. The number of aliphatic imine (C=N–C) groups is 1. The number of imidazole rings is 1. The largest absolute Gasteiger partial charge is 0.453 e. The van der Waals surface area contributed by atoms with Crippen LogP contribution in [0.5, 0.6) is 0 Å². The maximum Gasteiger partial charge on any atom is 0.407 e. The number of likely N-dealkylation sites (tertiary alicyclic amines) is 2. The van der Waals surface area contributed by atoms with Crippen molar-refractivity contribution in [2.24, 2.45) is 16.8 Å². The van der Waals surface area contributed by atoms with Gasteiger partial charge in [-0.05, 0) is 103 Å². The third kappa shape index (κ3) is 7.57. The van der Waals surface area contributed by atoms with Crippen LogP contribution >= 0.6 is 0 Å². The first-order chi connectivity index (χ1) is 28.9. The number of fused-ring (bicyclic) bond motifs is 5. The molecule has 318 valence electrons. The van der Waals surface area contributed by atoms with Crippen LogP contribution in [-0.4, -0.2) is 94.9 Å². The highest BCUT2D eigenvalue weighted by Crippen LogP contribution is 2.58. The lowest BCUT2D eigenvalue weighted by molar-refractivity contribution is -0.135. The molecule has 2 aliphatic carbocycles. The lowest BCUT2D eigenvalue weighted by Gasteiger charge is -2.31. The van der Waals surface area contributed by atoms with Gasteiger partial charge in [0, 0.05) is 42.5 Å².